The van der Waals surface area contributed by atoms with Crippen molar-refractivity contribution in [2.24, 2.45) is 15.7 Å². The number of amidine groups is 1. The van der Waals surface area contributed by atoms with Gasteiger partial charge in [-0.15, -0.1) is 0 Å². The van der Waals surface area contributed by atoms with Crippen LogP contribution in [0.3, 0.4) is 0 Å². The van der Waals surface area contributed by atoms with Crippen molar-refractivity contribution in [2.75, 3.05) is 0 Å². The van der Waals surface area contributed by atoms with Gasteiger partial charge in [-0.2, -0.15) is 18.2 Å². The van der Waals surface area contributed by atoms with Crippen molar-refractivity contribution in [3.8, 4) is 0 Å². The summed E-state index contributed by atoms with van der Waals surface area (Å²) in [5.74, 6) is -0.664. The van der Waals surface area contributed by atoms with Crippen molar-refractivity contribution in [3.05, 3.63) is 0 Å². The lowest BCUT2D eigenvalue weighted by Crippen LogP contribution is -2.34. The minimum atomic E-state index is -4.56. The van der Waals surface area contributed by atoms with Gasteiger partial charge in [-0.3, -0.25) is 0 Å². The summed E-state index contributed by atoms with van der Waals surface area (Å²) in [7, 11) is 0. The predicted octanol–water partition coefficient (Wildman–Crippen LogP) is 0.645. The molecular weight excluding hydrogens is 179 g/mol. The molecule has 0 aromatic rings. The van der Waals surface area contributed by atoms with Gasteiger partial charge in [0.1, 0.15) is 0 Å². The normalized spacial score (nSPS) is 18.3. The number of aliphatic imine (C=N–C) groups is 2. The molecule has 0 saturated heterocycles. The van der Waals surface area contributed by atoms with E-state index in [1.54, 1.807) is 0 Å². The first-order valence-electron chi connectivity index (χ1n) is 2.45. The summed E-state index contributed by atoms with van der Waals surface area (Å²) in [5, 5.41) is -0.380. The third-order valence-electron chi connectivity index (χ3n) is 0.935. The highest BCUT2D eigenvalue weighted by Gasteiger charge is 2.40. The third-order valence-corrected chi connectivity index (χ3v) is 1.12. The first kappa shape index (κ1) is 8.12. The van der Waals surface area contributed by atoms with E-state index >= 15 is 0 Å². The molecule has 1 rings (SSSR count). The Kier molecular flexibility index (Phi) is 1.67. The fraction of sp³-hybridized carbons (Fsp3) is 0.250. The second kappa shape index (κ2) is 2.26. The van der Waals surface area contributed by atoms with Crippen molar-refractivity contribution < 1.29 is 13.2 Å². The van der Waals surface area contributed by atoms with Gasteiger partial charge in [0.25, 0.3) is 0 Å². The summed E-state index contributed by atoms with van der Waals surface area (Å²) >= 11 is 4.29. The largest absolute Gasteiger partial charge is 0.437 e. The predicted molar refractivity (Wildman–Crippen MR) is 37.7 cm³/mol. The molecule has 0 atom stereocenters. The van der Waals surface area contributed by atoms with Gasteiger partial charge >= 0.3 is 6.18 Å². The van der Waals surface area contributed by atoms with Crippen molar-refractivity contribution in [1.82, 2.24) is 0 Å². The highest BCUT2D eigenvalue weighted by atomic mass is 32.1. The molecule has 0 radical (unpaired) electrons. The Hall–Kier alpha value is -0.980. The van der Waals surface area contributed by atoms with E-state index in [4.69, 9.17) is 5.73 Å². The lowest BCUT2D eigenvalue weighted by Gasteiger charge is -2.03. The van der Waals surface area contributed by atoms with E-state index < -0.39 is 17.7 Å². The molecule has 0 saturated carbocycles. The topological polar surface area (TPSA) is 50.7 Å². The zero-order chi connectivity index (χ0) is 8.65. The molecule has 2 N–H and O–H groups in total. The molecular formula is C4H2F3N3S. The Balaban J connectivity index is 3.02. The molecule has 1 aliphatic rings. The monoisotopic (exact) mass is 181 g/mol. The number of alkyl halides is 3. The molecule has 1 heterocycles. The fourth-order valence-electron chi connectivity index (χ4n) is 0.543. The summed E-state index contributed by atoms with van der Waals surface area (Å²) in [4.78, 5) is 6.07. The van der Waals surface area contributed by atoms with Crippen LogP contribution in [0, 0.1) is 0 Å². The van der Waals surface area contributed by atoms with Crippen LogP contribution in [0.2, 0.25) is 0 Å². The summed E-state index contributed by atoms with van der Waals surface area (Å²) in [6.45, 7) is 0. The molecule has 0 amide bonds. The van der Waals surface area contributed by atoms with Gasteiger partial charge in [0.05, 0.1) is 0 Å². The summed E-state index contributed by atoms with van der Waals surface area (Å²) < 4.78 is 35.5. The minimum absolute atomic E-state index is 0.380. The molecule has 0 bridgehead atoms. The number of hydrogen-bond acceptors (Lipinski definition) is 2. The van der Waals surface area contributed by atoms with Crippen LogP contribution >= 0.6 is 12.2 Å². The van der Waals surface area contributed by atoms with Crippen LogP contribution in [0.1, 0.15) is 0 Å². The fourth-order valence-corrected chi connectivity index (χ4v) is 0.732. The van der Waals surface area contributed by atoms with Gasteiger partial charge in [0.2, 0.25) is 5.11 Å². The van der Waals surface area contributed by atoms with E-state index in [2.05, 4.69) is 22.2 Å². The lowest BCUT2D eigenvalue weighted by molar-refractivity contribution is -0.0564. The van der Waals surface area contributed by atoms with Crippen LogP contribution in [0.5, 0.6) is 0 Å². The summed E-state index contributed by atoms with van der Waals surface area (Å²) in [6.07, 6.45) is -4.56. The lowest BCUT2D eigenvalue weighted by atomic mass is 10.3. The van der Waals surface area contributed by atoms with Crippen LogP contribution in [-0.2, 0) is 0 Å². The van der Waals surface area contributed by atoms with Crippen LogP contribution in [0.25, 0.3) is 0 Å². The smallest absolute Gasteiger partial charge is 0.382 e. The molecule has 11 heavy (non-hydrogen) atoms. The number of hydrogen-bond donors (Lipinski definition) is 1. The Labute approximate surface area is 64.8 Å². The molecule has 0 fully saturated rings. The van der Waals surface area contributed by atoms with Crippen molar-refractivity contribution >= 4 is 28.9 Å². The number of nitrogens with zero attached hydrogens (tertiary/aromatic N) is 2. The Morgan fingerprint density at radius 3 is 2.00 bits per heavy atom. The maximum absolute atomic E-state index is 11.8. The SMILES string of the molecule is NC1=NC(=S)N=C1C(F)(F)F. The third kappa shape index (κ3) is 1.53. The average molecular weight is 181 g/mol. The number of thiocarbonyl (C=S) groups is 1. The molecule has 0 aliphatic carbocycles. The molecule has 1 aliphatic heterocycles. The van der Waals surface area contributed by atoms with E-state index in [1.807, 2.05) is 0 Å². The Morgan fingerprint density at radius 1 is 1.27 bits per heavy atom. The number of rotatable bonds is 0. The van der Waals surface area contributed by atoms with E-state index in [0.717, 1.165) is 0 Å². The quantitative estimate of drug-likeness (QED) is 0.557. The highest BCUT2D eigenvalue weighted by Crippen LogP contribution is 2.20. The number of nitrogens with two attached hydrogens (primary N) is 1. The first-order chi connectivity index (χ1) is 4.91. The molecule has 0 spiro atoms. The Morgan fingerprint density at radius 2 is 1.82 bits per heavy atom. The van der Waals surface area contributed by atoms with Crippen LogP contribution < -0.4 is 5.73 Å². The Bertz CT molecular complexity index is 264. The molecule has 0 aromatic heterocycles. The second-order valence-electron chi connectivity index (χ2n) is 1.74. The van der Waals surface area contributed by atoms with Gasteiger partial charge in [-0.05, 0) is 12.2 Å². The zero-order valence-corrected chi connectivity index (χ0v) is 5.83. The molecule has 7 heteroatoms. The second-order valence-corrected chi connectivity index (χ2v) is 2.10. The maximum Gasteiger partial charge on any atom is 0.437 e. The molecule has 3 nitrogen and oxygen atoms in total. The van der Waals surface area contributed by atoms with Gasteiger partial charge in [0.15, 0.2) is 11.5 Å². The maximum atomic E-state index is 11.8. The molecule has 0 unspecified atom stereocenters. The van der Waals surface area contributed by atoms with Crippen LogP contribution in [0.15, 0.2) is 9.98 Å². The van der Waals surface area contributed by atoms with Crippen molar-refractivity contribution in [1.29, 1.82) is 0 Å². The van der Waals surface area contributed by atoms with Crippen molar-refractivity contribution in [3.63, 3.8) is 0 Å². The van der Waals surface area contributed by atoms with E-state index in [0.29, 0.717) is 0 Å². The van der Waals surface area contributed by atoms with Crippen molar-refractivity contribution in [2.45, 2.75) is 6.18 Å². The van der Waals surface area contributed by atoms with Gasteiger partial charge in [-0.1, -0.05) is 0 Å². The number of halogens is 3. The molecule has 0 aromatic carbocycles. The zero-order valence-electron chi connectivity index (χ0n) is 5.01. The first-order valence-corrected chi connectivity index (χ1v) is 2.86. The van der Waals surface area contributed by atoms with Crippen LogP contribution in [0.4, 0.5) is 13.2 Å². The summed E-state index contributed by atoms with van der Waals surface area (Å²) in [5.41, 5.74) is 3.66. The van der Waals surface area contributed by atoms with E-state index in [1.165, 1.54) is 0 Å². The van der Waals surface area contributed by atoms with E-state index in [9.17, 15) is 13.2 Å². The van der Waals surface area contributed by atoms with Crippen LogP contribution in [-0.4, -0.2) is 22.8 Å². The standard InChI is InChI=1S/C4H2F3N3S/c5-4(6,7)1-2(8)10-3(11)9-1/h(H2,8,10,11). The minimum Gasteiger partial charge on any atom is -0.382 e. The van der Waals surface area contributed by atoms with Gasteiger partial charge in [-0.25, -0.2) is 4.99 Å². The summed E-state index contributed by atoms with van der Waals surface area (Å²) in [6, 6.07) is 0. The highest BCUT2D eigenvalue weighted by molar-refractivity contribution is 7.80. The average Bonchev–Trinajstić information content (AvgIpc) is 2.08. The van der Waals surface area contributed by atoms with E-state index in [-0.39, 0.29) is 5.11 Å². The van der Waals surface area contributed by atoms with Gasteiger partial charge < -0.3 is 5.73 Å². The molecule has 60 valence electrons. The van der Waals surface area contributed by atoms with Gasteiger partial charge in [0, 0.05) is 0 Å².